The normalized spacial score (nSPS) is 10.3. The predicted octanol–water partition coefficient (Wildman–Crippen LogP) is 2.26. The zero-order valence-electron chi connectivity index (χ0n) is 11.7. The second kappa shape index (κ2) is 6.17. The minimum atomic E-state index is -1.06. The van der Waals surface area contributed by atoms with Crippen LogP contribution in [0.5, 0.6) is 0 Å². The number of fused-ring (bicyclic) bond motifs is 1. The molecule has 0 aliphatic heterocycles. The number of rotatable bonds is 5. The molecule has 0 fully saturated rings. The van der Waals surface area contributed by atoms with Crippen molar-refractivity contribution in [2.24, 2.45) is 0 Å². The Bertz CT molecular complexity index is 710. The Morgan fingerprint density at radius 2 is 2.10 bits per heavy atom. The number of hydrogen-bond donors (Lipinski definition) is 1. The van der Waals surface area contributed by atoms with E-state index in [0.717, 1.165) is 5.52 Å². The Morgan fingerprint density at radius 3 is 2.76 bits per heavy atom. The van der Waals surface area contributed by atoms with Gasteiger partial charge in [0.15, 0.2) is 0 Å². The summed E-state index contributed by atoms with van der Waals surface area (Å²) in [7, 11) is 0. The average Bonchev–Trinajstić information content (AvgIpc) is 2.44. The molecule has 0 unspecified atom stereocenters. The van der Waals surface area contributed by atoms with Crippen molar-refractivity contribution >= 4 is 22.8 Å². The molecule has 0 atom stereocenters. The summed E-state index contributed by atoms with van der Waals surface area (Å²) in [5.74, 6) is -1.39. The first-order valence-electron chi connectivity index (χ1n) is 6.51. The van der Waals surface area contributed by atoms with E-state index in [-0.39, 0.29) is 19.0 Å². The molecule has 1 amide bonds. The minimum Gasteiger partial charge on any atom is -0.480 e. The van der Waals surface area contributed by atoms with Gasteiger partial charge in [-0.2, -0.15) is 0 Å². The number of aliphatic carboxylic acids is 1. The van der Waals surface area contributed by atoms with E-state index in [0.29, 0.717) is 16.6 Å². The van der Waals surface area contributed by atoms with Crippen LogP contribution in [0, 0.1) is 6.92 Å². The molecule has 0 aliphatic carbocycles. The summed E-state index contributed by atoms with van der Waals surface area (Å²) in [4.78, 5) is 29.2. The molecule has 5 nitrogen and oxygen atoms in total. The highest BCUT2D eigenvalue weighted by atomic mass is 16.4. The van der Waals surface area contributed by atoms with Gasteiger partial charge in [0.05, 0.1) is 11.1 Å². The summed E-state index contributed by atoms with van der Waals surface area (Å²) in [5, 5.41) is 9.65. The van der Waals surface area contributed by atoms with Crippen LogP contribution < -0.4 is 0 Å². The van der Waals surface area contributed by atoms with Gasteiger partial charge >= 0.3 is 5.97 Å². The quantitative estimate of drug-likeness (QED) is 0.855. The van der Waals surface area contributed by atoms with Crippen molar-refractivity contribution in [2.75, 3.05) is 13.1 Å². The molecular formula is C16H16N2O3. The first-order chi connectivity index (χ1) is 10.0. The second-order valence-corrected chi connectivity index (χ2v) is 4.70. The van der Waals surface area contributed by atoms with Crippen molar-refractivity contribution in [3.05, 3.63) is 54.2 Å². The van der Waals surface area contributed by atoms with Crippen molar-refractivity contribution in [2.45, 2.75) is 6.92 Å². The van der Waals surface area contributed by atoms with Crippen molar-refractivity contribution < 1.29 is 14.7 Å². The van der Waals surface area contributed by atoms with E-state index >= 15 is 0 Å². The van der Waals surface area contributed by atoms with Crippen molar-refractivity contribution in [1.29, 1.82) is 0 Å². The van der Waals surface area contributed by atoms with E-state index < -0.39 is 5.97 Å². The molecule has 1 N–H and O–H groups in total. The van der Waals surface area contributed by atoms with Gasteiger partial charge in [-0.05, 0) is 19.1 Å². The number of carboxylic acids is 1. The average molecular weight is 284 g/mol. The third-order valence-corrected chi connectivity index (χ3v) is 3.04. The smallest absolute Gasteiger partial charge is 0.323 e. The minimum absolute atomic E-state index is 0.181. The summed E-state index contributed by atoms with van der Waals surface area (Å²) < 4.78 is 0. The van der Waals surface area contributed by atoms with Gasteiger partial charge in [0.2, 0.25) is 0 Å². The third-order valence-electron chi connectivity index (χ3n) is 3.04. The number of nitrogens with zero attached hydrogens (tertiary/aromatic N) is 2. The first-order valence-corrected chi connectivity index (χ1v) is 6.51. The largest absolute Gasteiger partial charge is 0.480 e. The van der Waals surface area contributed by atoms with Crippen LogP contribution >= 0.6 is 0 Å². The Labute approximate surface area is 122 Å². The van der Waals surface area contributed by atoms with Gasteiger partial charge in [0, 0.05) is 17.6 Å². The maximum Gasteiger partial charge on any atom is 0.323 e. The Morgan fingerprint density at radius 1 is 1.38 bits per heavy atom. The maximum atomic E-state index is 12.6. The number of carbonyl (C=O) groups excluding carboxylic acids is 1. The van der Waals surface area contributed by atoms with E-state index in [9.17, 15) is 9.59 Å². The molecular weight excluding hydrogens is 268 g/mol. The van der Waals surface area contributed by atoms with Crippen molar-refractivity contribution in [3.63, 3.8) is 0 Å². The molecule has 1 heterocycles. The number of hydrogen-bond acceptors (Lipinski definition) is 3. The molecule has 5 heteroatoms. The van der Waals surface area contributed by atoms with E-state index in [2.05, 4.69) is 11.6 Å². The number of pyridine rings is 1. The number of para-hydroxylation sites is 1. The SMILES string of the molecule is C=CCN(CC(=O)O)C(=O)c1cc(C)nc2ccccc12. The fourth-order valence-electron chi connectivity index (χ4n) is 2.19. The molecule has 2 aromatic rings. The van der Waals surface area contributed by atoms with E-state index in [1.165, 1.54) is 11.0 Å². The van der Waals surface area contributed by atoms with Crippen LogP contribution in [-0.2, 0) is 4.79 Å². The van der Waals surface area contributed by atoms with Crippen LogP contribution in [0.2, 0.25) is 0 Å². The number of benzene rings is 1. The molecule has 0 bridgehead atoms. The highest BCUT2D eigenvalue weighted by Crippen LogP contribution is 2.19. The lowest BCUT2D eigenvalue weighted by atomic mass is 10.1. The van der Waals surface area contributed by atoms with Gasteiger partial charge in [0.1, 0.15) is 6.54 Å². The molecule has 0 radical (unpaired) electrons. The Kier molecular flexibility index (Phi) is 4.33. The predicted molar refractivity (Wildman–Crippen MR) is 80.2 cm³/mol. The highest BCUT2D eigenvalue weighted by Gasteiger charge is 2.20. The van der Waals surface area contributed by atoms with Crippen LogP contribution in [0.3, 0.4) is 0 Å². The summed E-state index contributed by atoms with van der Waals surface area (Å²) in [5.41, 5.74) is 1.89. The summed E-state index contributed by atoms with van der Waals surface area (Å²) in [6.07, 6.45) is 1.51. The second-order valence-electron chi connectivity index (χ2n) is 4.70. The van der Waals surface area contributed by atoms with Crippen LogP contribution in [0.25, 0.3) is 10.9 Å². The van der Waals surface area contributed by atoms with Crippen molar-refractivity contribution in [3.8, 4) is 0 Å². The van der Waals surface area contributed by atoms with Crippen LogP contribution in [0.4, 0.5) is 0 Å². The maximum absolute atomic E-state index is 12.6. The highest BCUT2D eigenvalue weighted by molar-refractivity contribution is 6.06. The number of aryl methyl sites for hydroxylation is 1. The van der Waals surface area contributed by atoms with Crippen LogP contribution in [0.15, 0.2) is 43.0 Å². The van der Waals surface area contributed by atoms with Gasteiger partial charge in [-0.25, -0.2) is 0 Å². The number of aromatic nitrogens is 1. The van der Waals surface area contributed by atoms with Gasteiger partial charge in [0.25, 0.3) is 5.91 Å². The zero-order chi connectivity index (χ0) is 15.4. The van der Waals surface area contributed by atoms with Crippen molar-refractivity contribution in [1.82, 2.24) is 9.88 Å². The summed E-state index contributed by atoms with van der Waals surface area (Å²) in [6.45, 7) is 5.19. The molecule has 21 heavy (non-hydrogen) atoms. The lowest BCUT2D eigenvalue weighted by molar-refractivity contribution is -0.137. The molecule has 1 aromatic heterocycles. The molecule has 108 valence electrons. The molecule has 1 aromatic carbocycles. The lowest BCUT2D eigenvalue weighted by Gasteiger charge is -2.20. The van der Waals surface area contributed by atoms with Gasteiger partial charge in [-0.1, -0.05) is 24.3 Å². The van der Waals surface area contributed by atoms with Gasteiger partial charge in [-0.3, -0.25) is 14.6 Å². The summed E-state index contributed by atoms with van der Waals surface area (Å²) >= 11 is 0. The number of amides is 1. The van der Waals surface area contributed by atoms with E-state index in [1.807, 2.05) is 24.3 Å². The Balaban J connectivity index is 2.50. The molecule has 2 rings (SSSR count). The summed E-state index contributed by atoms with van der Waals surface area (Å²) in [6, 6.07) is 8.99. The van der Waals surface area contributed by atoms with Gasteiger partial charge < -0.3 is 10.0 Å². The fraction of sp³-hybridized carbons (Fsp3) is 0.188. The zero-order valence-corrected chi connectivity index (χ0v) is 11.7. The standard InChI is InChI=1S/C16H16N2O3/c1-3-8-18(10-15(19)20)16(21)13-9-11(2)17-14-7-5-4-6-12(13)14/h3-7,9H,1,8,10H2,2H3,(H,19,20). The van der Waals surface area contributed by atoms with E-state index in [1.54, 1.807) is 13.0 Å². The molecule has 0 spiro atoms. The molecule has 0 saturated carbocycles. The van der Waals surface area contributed by atoms with E-state index in [4.69, 9.17) is 5.11 Å². The molecule has 0 aliphatic rings. The lowest BCUT2D eigenvalue weighted by Crippen LogP contribution is -2.36. The Hall–Kier alpha value is -2.69. The fourth-order valence-corrected chi connectivity index (χ4v) is 2.19. The third kappa shape index (κ3) is 3.25. The van der Waals surface area contributed by atoms with Crippen LogP contribution in [0.1, 0.15) is 16.1 Å². The molecule has 0 saturated heterocycles. The number of carbonyl (C=O) groups is 2. The monoisotopic (exact) mass is 284 g/mol. The first kappa shape index (κ1) is 14.7. The van der Waals surface area contributed by atoms with Crippen LogP contribution in [-0.4, -0.2) is 40.0 Å². The number of carboxylic acid groups (broad SMARTS) is 1. The van der Waals surface area contributed by atoms with Gasteiger partial charge in [-0.15, -0.1) is 6.58 Å². The topological polar surface area (TPSA) is 70.5 Å².